The highest BCUT2D eigenvalue weighted by Gasteiger charge is 2.20. The van der Waals surface area contributed by atoms with Gasteiger partial charge < -0.3 is 4.98 Å². The number of aromatic nitrogens is 2. The summed E-state index contributed by atoms with van der Waals surface area (Å²) in [4.78, 5) is 14.9. The van der Waals surface area contributed by atoms with Crippen molar-refractivity contribution in [3.05, 3.63) is 33.7 Å². The molecule has 1 aliphatic rings. The fourth-order valence-corrected chi connectivity index (χ4v) is 3.75. The minimum absolute atomic E-state index is 0.0411. The van der Waals surface area contributed by atoms with E-state index in [-0.39, 0.29) is 5.69 Å². The topological polar surface area (TPSA) is 37.8 Å². The van der Waals surface area contributed by atoms with Crippen LogP contribution in [0.2, 0.25) is 5.02 Å². The first-order valence-electron chi connectivity index (χ1n) is 5.74. The van der Waals surface area contributed by atoms with Gasteiger partial charge in [0.15, 0.2) is 0 Å². The molecular formula is C12H13ClN2OS. The highest BCUT2D eigenvalue weighted by Crippen LogP contribution is 2.29. The summed E-state index contributed by atoms with van der Waals surface area (Å²) in [5.41, 5.74) is 1.64. The molecule has 2 aromatic rings. The number of para-hydroxylation sites is 1. The van der Waals surface area contributed by atoms with Crippen LogP contribution >= 0.6 is 23.4 Å². The van der Waals surface area contributed by atoms with Crippen LogP contribution in [0.5, 0.6) is 0 Å². The fraction of sp³-hybridized carbons (Fsp3) is 0.417. The molecule has 1 aromatic heterocycles. The number of H-pyrrole nitrogens is 1. The van der Waals surface area contributed by atoms with Gasteiger partial charge >= 0.3 is 5.69 Å². The van der Waals surface area contributed by atoms with Gasteiger partial charge in [0.05, 0.1) is 16.1 Å². The number of nitrogens with one attached hydrogen (secondary N) is 1. The normalized spacial score (nSPS) is 20.9. The molecule has 1 atom stereocenters. The van der Waals surface area contributed by atoms with Crippen molar-refractivity contribution in [1.29, 1.82) is 0 Å². The van der Waals surface area contributed by atoms with Gasteiger partial charge in [0.25, 0.3) is 0 Å². The van der Waals surface area contributed by atoms with Gasteiger partial charge in [-0.05, 0) is 30.7 Å². The molecule has 1 N–H and O–H groups in total. The summed E-state index contributed by atoms with van der Waals surface area (Å²) in [6.07, 6.45) is 2.25. The molecule has 0 aliphatic carbocycles. The van der Waals surface area contributed by atoms with Gasteiger partial charge in [0.2, 0.25) is 0 Å². The Bertz CT molecular complexity index is 598. The number of imidazole rings is 1. The van der Waals surface area contributed by atoms with Crippen molar-refractivity contribution in [2.45, 2.75) is 18.9 Å². The molecule has 1 aromatic carbocycles. The SMILES string of the molecule is O=c1[nH]c2c(Cl)cccc2n1C1CCCSC1. The number of nitrogens with zero attached hydrogens (tertiary/aromatic N) is 1. The Hall–Kier alpha value is -0.870. The van der Waals surface area contributed by atoms with Gasteiger partial charge in [-0.1, -0.05) is 17.7 Å². The lowest BCUT2D eigenvalue weighted by Gasteiger charge is -2.22. The van der Waals surface area contributed by atoms with E-state index in [1.807, 2.05) is 28.5 Å². The maximum absolute atomic E-state index is 12.0. The molecule has 0 radical (unpaired) electrons. The second-order valence-corrected chi connectivity index (χ2v) is 5.86. The maximum Gasteiger partial charge on any atom is 0.326 e. The summed E-state index contributed by atoms with van der Waals surface area (Å²) in [7, 11) is 0. The Balaban J connectivity index is 2.18. The Labute approximate surface area is 108 Å². The van der Waals surface area contributed by atoms with Gasteiger partial charge in [0, 0.05) is 11.8 Å². The number of halogens is 1. The minimum atomic E-state index is -0.0411. The number of benzene rings is 1. The van der Waals surface area contributed by atoms with Crippen molar-refractivity contribution in [3.8, 4) is 0 Å². The number of fused-ring (bicyclic) bond motifs is 1. The summed E-state index contributed by atoms with van der Waals surface area (Å²) in [6.45, 7) is 0. The van der Waals surface area contributed by atoms with Crippen LogP contribution in [0, 0.1) is 0 Å². The lowest BCUT2D eigenvalue weighted by molar-refractivity contribution is 0.499. The maximum atomic E-state index is 12.0. The van der Waals surface area contributed by atoms with Crippen molar-refractivity contribution in [3.63, 3.8) is 0 Å². The quantitative estimate of drug-likeness (QED) is 0.863. The number of hydrogen-bond acceptors (Lipinski definition) is 2. The van der Waals surface area contributed by atoms with Crippen molar-refractivity contribution in [2.24, 2.45) is 0 Å². The number of rotatable bonds is 1. The summed E-state index contributed by atoms with van der Waals surface area (Å²) < 4.78 is 1.87. The van der Waals surface area contributed by atoms with E-state index in [9.17, 15) is 4.79 Å². The zero-order chi connectivity index (χ0) is 11.8. The second-order valence-electron chi connectivity index (χ2n) is 4.31. The van der Waals surface area contributed by atoms with E-state index >= 15 is 0 Å². The number of thioether (sulfide) groups is 1. The van der Waals surface area contributed by atoms with E-state index in [0.717, 1.165) is 23.2 Å². The van der Waals surface area contributed by atoms with E-state index in [4.69, 9.17) is 11.6 Å². The molecule has 0 amide bonds. The molecule has 90 valence electrons. The molecule has 0 saturated carbocycles. The predicted molar refractivity (Wildman–Crippen MR) is 73.2 cm³/mol. The van der Waals surface area contributed by atoms with Gasteiger partial charge in [-0.15, -0.1) is 0 Å². The highest BCUT2D eigenvalue weighted by atomic mass is 35.5. The van der Waals surface area contributed by atoms with Crippen LogP contribution in [0.25, 0.3) is 11.0 Å². The van der Waals surface area contributed by atoms with Crippen molar-refractivity contribution >= 4 is 34.4 Å². The Kier molecular flexibility index (Phi) is 2.92. The lowest BCUT2D eigenvalue weighted by Crippen LogP contribution is -2.25. The van der Waals surface area contributed by atoms with Crippen LogP contribution in [0.4, 0.5) is 0 Å². The molecule has 0 bridgehead atoms. The molecule has 5 heteroatoms. The standard InChI is InChI=1S/C12H13ClN2OS/c13-9-4-1-5-10-11(9)14-12(16)15(10)8-3-2-6-17-7-8/h1,4-5,8H,2-3,6-7H2,(H,14,16). The third kappa shape index (κ3) is 1.89. The van der Waals surface area contributed by atoms with Crippen LogP contribution in [-0.4, -0.2) is 21.1 Å². The summed E-state index contributed by atoms with van der Waals surface area (Å²) in [5.74, 6) is 2.22. The summed E-state index contributed by atoms with van der Waals surface area (Å²) in [5, 5.41) is 0.613. The number of aromatic amines is 1. The van der Waals surface area contributed by atoms with E-state index in [2.05, 4.69) is 4.98 Å². The van der Waals surface area contributed by atoms with Crippen LogP contribution in [0.15, 0.2) is 23.0 Å². The van der Waals surface area contributed by atoms with E-state index in [0.29, 0.717) is 11.1 Å². The van der Waals surface area contributed by atoms with Gasteiger partial charge in [-0.2, -0.15) is 11.8 Å². The van der Waals surface area contributed by atoms with E-state index in [1.54, 1.807) is 6.07 Å². The Morgan fingerprint density at radius 3 is 3.12 bits per heavy atom. The predicted octanol–water partition coefficient (Wildman–Crippen LogP) is 3.05. The molecule has 1 aliphatic heterocycles. The fourth-order valence-electron chi connectivity index (χ4n) is 2.40. The van der Waals surface area contributed by atoms with E-state index in [1.165, 1.54) is 12.2 Å². The molecular weight excluding hydrogens is 256 g/mol. The molecule has 3 nitrogen and oxygen atoms in total. The van der Waals surface area contributed by atoms with Crippen molar-refractivity contribution in [2.75, 3.05) is 11.5 Å². The van der Waals surface area contributed by atoms with Gasteiger partial charge in [-0.3, -0.25) is 4.57 Å². The molecule has 3 rings (SSSR count). The zero-order valence-electron chi connectivity index (χ0n) is 9.28. The number of hydrogen-bond donors (Lipinski definition) is 1. The van der Waals surface area contributed by atoms with Crippen LogP contribution in [0.3, 0.4) is 0 Å². The second kappa shape index (κ2) is 4.42. The molecule has 2 heterocycles. The smallest absolute Gasteiger partial charge is 0.304 e. The third-order valence-corrected chi connectivity index (χ3v) is 4.72. The van der Waals surface area contributed by atoms with Gasteiger partial charge in [0.1, 0.15) is 0 Å². The summed E-state index contributed by atoms with van der Waals surface area (Å²) in [6, 6.07) is 5.95. The first-order chi connectivity index (χ1) is 8.27. The van der Waals surface area contributed by atoms with Crippen molar-refractivity contribution < 1.29 is 0 Å². The average molecular weight is 269 g/mol. The van der Waals surface area contributed by atoms with Crippen LogP contribution in [-0.2, 0) is 0 Å². The third-order valence-electron chi connectivity index (χ3n) is 3.20. The lowest BCUT2D eigenvalue weighted by atomic mass is 10.2. The van der Waals surface area contributed by atoms with Gasteiger partial charge in [-0.25, -0.2) is 4.79 Å². The molecule has 1 saturated heterocycles. The highest BCUT2D eigenvalue weighted by molar-refractivity contribution is 7.99. The molecule has 0 spiro atoms. The Morgan fingerprint density at radius 1 is 1.47 bits per heavy atom. The van der Waals surface area contributed by atoms with Crippen molar-refractivity contribution in [1.82, 2.24) is 9.55 Å². The first kappa shape index (κ1) is 11.2. The minimum Gasteiger partial charge on any atom is -0.304 e. The largest absolute Gasteiger partial charge is 0.326 e. The molecule has 1 fully saturated rings. The average Bonchev–Trinajstić information content (AvgIpc) is 2.68. The molecule has 17 heavy (non-hydrogen) atoms. The molecule has 1 unspecified atom stereocenters. The zero-order valence-corrected chi connectivity index (χ0v) is 10.9. The first-order valence-corrected chi connectivity index (χ1v) is 7.27. The Morgan fingerprint density at radius 2 is 2.35 bits per heavy atom. The summed E-state index contributed by atoms with van der Waals surface area (Å²) >= 11 is 8.01. The van der Waals surface area contributed by atoms with E-state index < -0.39 is 0 Å². The van der Waals surface area contributed by atoms with Crippen LogP contribution in [0.1, 0.15) is 18.9 Å². The van der Waals surface area contributed by atoms with Crippen LogP contribution < -0.4 is 5.69 Å². The monoisotopic (exact) mass is 268 g/mol.